The lowest BCUT2D eigenvalue weighted by atomic mass is 9.99. The molecule has 1 unspecified atom stereocenters. The van der Waals surface area contributed by atoms with Gasteiger partial charge >= 0.3 is 0 Å². The number of carbonyl (C=O) groups is 1. The molecular weight excluding hydrogens is 322 g/mol. The maximum absolute atomic E-state index is 12.6. The predicted octanol–water partition coefficient (Wildman–Crippen LogP) is 2.79. The minimum Gasteiger partial charge on any atom is -0.384 e. The van der Waals surface area contributed by atoms with E-state index < -0.39 is 5.60 Å². The van der Waals surface area contributed by atoms with Gasteiger partial charge in [0.2, 0.25) is 0 Å². The third-order valence-corrected chi connectivity index (χ3v) is 4.54. The second-order valence-corrected chi connectivity index (χ2v) is 6.68. The van der Waals surface area contributed by atoms with E-state index >= 15 is 0 Å². The quantitative estimate of drug-likeness (QED) is 0.750. The molecule has 2 heterocycles. The third-order valence-electron chi connectivity index (χ3n) is 3.86. The van der Waals surface area contributed by atoms with E-state index in [1.54, 1.807) is 24.9 Å². The summed E-state index contributed by atoms with van der Waals surface area (Å²) in [5.74, 6) is -0.252. The normalized spacial score (nSPS) is 13.5. The van der Waals surface area contributed by atoms with Crippen molar-refractivity contribution in [2.45, 2.75) is 12.5 Å². The Bertz CT molecular complexity index is 823. The van der Waals surface area contributed by atoms with Crippen LogP contribution in [0.25, 0.3) is 11.3 Å². The zero-order chi connectivity index (χ0) is 17.2. The fourth-order valence-corrected chi connectivity index (χ4v) is 3.27. The molecule has 0 aliphatic heterocycles. The molecule has 6 heteroatoms. The molecule has 0 saturated carbocycles. The molecule has 0 aliphatic carbocycles. The smallest absolute Gasteiger partial charge is 0.255 e. The summed E-state index contributed by atoms with van der Waals surface area (Å²) in [6, 6.07) is 11.4. The molecule has 0 bridgehead atoms. The first-order chi connectivity index (χ1) is 11.5. The second-order valence-electron chi connectivity index (χ2n) is 5.90. The van der Waals surface area contributed by atoms with Gasteiger partial charge in [-0.1, -0.05) is 30.3 Å². The minimum absolute atomic E-state index is 0.131. The number of rotatable bonds is 5. The highest BCUT2D eigenvalue weighted by Crippen LogP contribution is 2.24. The SMILES string of the molecule is Cn1cc(C(=O)NCC(C)(O)c2ccsc2)c(-c2ccccc2)n1. The molecule has 3 aromatic rings. The fraction of sp³-hybridized carbons (Fsp3) is 0.222. The predicted molar refractivity (Wildman–Crippen MR) is 94.9 cm³/mol. The number of aromatic nitrogens is 2. The van der Waals surface area contributed by atoms with Crippen LogP contribution in [0.2, 0.25) is 0 Å². The zero-order valence-electron chi connectivity index (χ0n) is 13.6. The van der Waals surface area contributed by atoms with Crippen LogP contribution in [-0.2, 0) is 12.6 Å². The van der Waals surface area contributed by atoms with Crippen LogP contribution in [-0.4, -0.2) is 27.3 Å². The molecule has 2 aromatic heterocycles. The number of hydrogen-bond donors (Lipinski definition) is 2. The zero-order valence-corrected chi connectivity index (χ0v) is 14.4. The molecule has 0 fully saturated rings. The highest BCUT2D eigenvalue weighted by molar-refractivity contribution is 7.08. The highest BCUT2D eigenvalue weighted by Gasteiger charge is 2.25. The first kappa shape index (κ1) is 16.4. The molecule has 0 spiro atoms. The molecule has 1 amide bonds. The number of benzene rings is 1. The van der Waals surface area contributed by atoms with E-state index in [1.807, 2.05) is 47.2 Å². The largest absolute Gasteiger partial charge is 0.384 e. The second kappa shape index (κ2) is 6.59. The Morgan fingerprint density at radius 2 is 2.08 bits per heavy atom. The van der Waals surface area contributed by atoms with Gasteiger partial charge < -0.3 is 10.4 Å². The number of amides is 1. The van der Waals surface area contributed by atoms with Crippen LogP contribution in [0.4, 0.5) is 0 Å². The lowest BCUT2D eigenvalue weighted by Gasteiger charge is -2.22. The van der Waals surface area contributed by atoms with Crippen molar-refractivity contribution in [3.05, 3.63) is 64.5 Å². The van der Waals surface area contributed by atoms with E-state index in [0.29, 0.717) is 11.3 Å². The summed E-state index contributed by atoms with van der Waals surface area (Å²) in [7, 11) is 1.78. The van der Waals surface area contributed by atoms with Gasteiger partial charge in [0, 0.05) is 18.8 Å². The van der Waals surface area contributed by atoms with Crippen LogP contribution in [0.15, 0.2) is 53.4 Å². The average molecular weight is 341 g/mol. The van der Waals surface area contributed by atoms with Crippen molar-refractivity contribution in [2.24, 2.45) is 7.05 Å². The molecule has 0 aliphatic rings. The number of nitrogens with one attached hydrogen (secondary N) is 1. The fourth-order valence-electron chi connectivity index (χ4n) is 2.48. The first-order valence-corrected chi connectivity index (χ1v) is 8.54. The molecule has 1 aromatic carbocycles. The molecule has 24 heavy (non-hydrogen) atoms. The van der Waals surface area contributed by atoms with Gasteiger partial charge in [-0.25, -0.2) is 0 Å². The van der Waals surface area contributed by atoms with Crippen molar-refractivity contribution < 1.29 is 9.90 Å². The van der Waals surface area contributed by atoms with Crippen molar-refractivity contribution >= 4 is 17.2 Å². The summed E-state index contributed by atoms with van der Waals surface area (Å²) < 4.78 is 1.62. The molecule has 5 nitrogen and oxygen atoms in total. The van der Waals surface area contributed by atoms with Crippen LogP contribution in [0.5, 0.6) is 0 Å². The van der Waals surface area contributed by atoms with E-state index in [1.165, 1.54) is 11.3 Å². The number of hydrogen-bond acceptors (Lipinski definition) is 4. The summed E-state index contributed by atoms with van der Waals surface area (Å²) in [5.41, 5.74) is 1.69. The Hall–Kier alpha value is -2.44. The number of nitrogens with zero attached hydrogens (tertiary/aromatic N) is 2. The van der Waals surface area contributed by atoms with Crippen molar-refractivity contribution in [1.82, 2.24) is 15.1 Å². The average Bonchev–Trinajstić information content (AvgIpc) is 3.23. The Morgan fingerprint density at radius 3 is 2.75 bits per heavy atom. The van der Waals surface area contributed by atoms with Gasteiger partial charge in [-0.2, -0.15) is 16.4 Å². The monoisotopic (exact) mass is 341 g/mol. The molecule has 1 atom stereocenters. The maximum atomic E-state index is 12.6. The van der Waals surface area contributed by atoms with E-state index in [4.69, 9.17) is 0 Å². The number of aryl methyl sites for hydroxylation is 1. The van der Waals surface area contributed by atoms with Gasteiger partial charge in [0.05, 0.1) is 12.1 Å². The molecule has 0 radical (unpaired) electrons. The van der Waals surface area contributed by atoms with Crippen molar-refractivity contribution in [3.8, 4) is 11.3 Å². The van der Waals surface area contributed by atoms with Gasteiger partial charge in [0.1, 0.15) is 11.3 Å². The van der Waals surface area contributed by atoms with Gasteiger partial charge in [0.25, 0.3) is 5.91 Å². The number of thiophene rings is 1. The minimum atomic E-state index is -1.11. The van der Waals surface area contributed by atoms with E-state index in [-0.39, 0.29) is 12.5 Å². The molecule has 0 saturated heterocycles. The van der Waals surface area contributed by atoms with Crippen LogP contribution in [0.3, 0.4) is 0 Å². The summed E-state index contributed by atoms with van der Waals surface area (Å²) >= 11 is 1.51. The van der Waals surface area contributed by atoms with Crippen molar-refractivity contribution in [1.29, 1.82) is 0 Å². The molecular formula is C18H19N3O2S. The van der Waals surface area contributed by atoms with Crippen molar-refractivity contribution in [2.75, 3.05) is 6.54 Å². The topological polar surface area (TPSA) is 67.2 Å². The molecule has 2 N–H and O–H groups in total. The van der Waals surface area contributed by atoms with E-state index in [2.05, 4.69) is 10.4 Å². The van der Waals surface area contributed by atoms with Crippen LogP contribution < -0.4 is 5.32 Å². The molecule has 124 valence electrons. The van der Waals surface area contributed by atoms with Gasteiger partial charge in [-0.05, 0) is 29.3 Å². The highest BCUT2D eigenvalue weighted by atomic mass is 32.1. The third kappa shape index (κ3) is 3.39. The lowest BCUT2D eigenvalue weighted by Crippen LogP contribution is -2.38. The Balaban J connectivity index is 1.79. The number of carbonyl (C=O) groups excluding carboxylic acids is 1. The van der Waals surface area contributed by atoms with Crippen LogP contribution >= 0.6 is 11.3 Å². The summed E-state index contributed by atoms with van der Waals surface area (Å²) in [6.07, 6.45) is 1.69. The summed E-state index contributed by atoms with van der Waals surface area (Å²) in [6.45, 7) is 1.82. The van der Waals surface area contributed by atoms with Gasteiger partial charge in [-0.3, -0.25) is 9.48 Å². The molecule has 3 rings (SSSR count). The first-order valence-electron chi connectivity index (χ1n) is 7.60. The Kier molecular flexibility index (Phi) is 4.51. The van der Waals surface area contributed by atoms with Gasteiger partial charge in [-0.15, -0.1) is 0 Å². The Morgan fingerprint density at radius 1 is 1.33 bits per heavy atom. The van der Waals surface area contributed by atoms with Crippen LogP contribution in [0, 0.1) is 0 Å². The summed E-state index contributed by atoms with van der Waals surface area (Å²) in [4.78, 5) is 12.6. The lowest BCUT2D eigenvalue weighted by molar-refractivity contribution is 0.0530. The van der Waals surface area contributed by atoms with E-state index in [0.717, 1.165) is 11.1 Å². The van der Waals surface area contributed by atoms with Gasteiger partial charge in [0.15, 0.2) is 0 Å². The van der Waals surface area contributed by atoms with Crippen molar-refractivity contribution in [3.63, 3.8) is 0 Å². The van der Waals surface area contributed by atoms with Crippen LogP contribution in [0.1, 0.15) is 22.8 Å². The number of aliphatic hydroxyl groups is 1. The Labute approximate surface area is 144 Å². The maximum Gasteiger partial charge on any atom is 0.255 e. The summed E-state index contributed by atoms with van der Waals surface area (Å²) in [5, 5.41) is 21.5. The van der Waals surface area contributed by atoms with E-state index in [9.17, 15) is 9.90 Å². The standard InChI is InChI=1S/C18H19N3O2S/c1-18(23,14-8-9-24-11-14)12-19-17(22)15-10-21(2)20-16(15)13-6-4-3-5-7-13/h3-11,23H,12H2,1-2H3,(H,19,22).